The third kappa shape index (κ3) is 3.25. The van der Waals surface area contributed by atoms with E-state index in [4.69, 9.17) is 5.73 Å². The van der Waals surface area contributed by atoms with Crippen LogP contribution in [0.4, 0.5) is 5.69 Å². The molecular weight excluding hydrogens is 224 g/mol. The maximum absolute atomic E-state index is 11.1. The molecule has 0 bridgehead atoms. The SMILES string of the molecule is Cc1cc(C(N)=O)ccc1NCC1CCCCC1. The molecule has 1 aromatic carbocycles. The van der Waals surface area contributed by atoms with E-state index in [9.17, 15) is 4.79 Å². The van der Waals surface area contributed by atoms with E-state index in [1.54, 1.807) is 6.07 Å². The standard InChI is InChI=1S/C15H22N2O/c1-11-9-13(15(16)18)7-8-14(11)17-10-12-5-3-2-4-6-12/h7-9,12,17H,2-6,10H2,1H3,(H2,16,18). The maximum Gasteiger partial charge on any atom is 0.248 e. The minimum Gasteiger partial charge on any atom is -0.385 e. The zero-order valence-corrected chi connectivity index (χ0v) is 11.0. The van der Waals surface area contributed by atoms with Crippen molar-refractivity contribution in [3.63, 3.8) is 0 Å². The zero-order valence-electron chi connectivity index (χ0n) is 11.0. The van der Waals surface area contributed by atoms with E-state index in [2.05, 4.69) is 5.32 Å². The van der Waals surface area contributed by atoms with E-state index >= 15 is 0 Å². The lowest BCUT2D eigenvalue weighted by molar-refractivity contribution is 0.1000. The molecule has 0 heterocycles. The van der Waals surface area contributed by atoms with Crippen LogP contribution in [0.1, 0.15) is 48.0 Å². The quantitative estimate of drug-likeness (QED) is 0.857. The summed E-state index contributed by atoms with van der Waals surface area (Å²) in [4.78, 5) is 11.1. The number of anilines is 1. The maximum atomic E-state index is 11.1. The van der Waals surface area contributed by atoms with Gasteiger partial charge >= 0.3 is 0 Å². The largest absolute Gasteiger partial charge is 0.385 e. The molecule has 18 heavy (non-hydrogen) atoms. The molecule has 0 spiro atoms. The van der Waals surface area contributed by atoms with Gasteiger partial charge in [-0.05, 0) is 49.4 Å². The highest BCUT2D eigenvalue weighted by Crippen LogP contribution is 2.24. The summed E-state index contributed by atoms with van der Waals surface area (Å²) in [5, 5.41) is 3.50. The summed E-state index contributed by atoms with van der Waals surface area (Å²) in [5.74, 6) is 0.436. The first-order valence-corrected chi connectivity index (χ1v) is 6.81. The number of carbonyl (C=O) groups is 1. The van der Waals surface area contributed by atoms with Crippen LogP contribution in [0, 0.1) is 12.8 Å². The summed E-state index contributed by atoms with van der Waals surface area (Å²) in [7, 11) is 0. The number of nitrogens with two attached hydrogens (primary N) is 1. The van der Waals surface area contributed by atoms with Crippen LogP contribution in [-0.4, -0.2) is 12.5 Å². The fourth-order valence-corrected chi connectivity index (χ4v) is 2.66. The Bertz CT molecular complexity index is 423. The van der Waals surface area contributed by atoms with Crippen molar-refractivity contribution in [2.75, 3.05) is 11.9 Å². The Morgan fingerprint density at radius 2 is 2.06 bits per heavy atom. The summed E-state index contributed by atoms with van der Waals surface area (Å²) < 4.78 is 0. The average molecular weight is 246 g/mol. The minimum absolute atomic E-state index is 0.364. The molecule has 3 heteroatoms. The average Bonchev–Trinajstić information content (AvgIpc) is 2.38. The van der Waals surface area contributed by atoms with Crippen molar-refractivity contribution in [2.24, 2.45) is 11.7 Å². The Kier molecular flexibility index (Phi) is 4.24. The molecule has 0 radical (unpaired) electrons. The van der Waals surface area contributed by atoms with Crippen molar-refractivity contribution < 1.29 is 4.79 Å². The highest BCUT2D eigenvalue weighted by atomic mass is 16.1. The molecule has 1 aromatic rings. The van der Waals surface area contributed by atoms with Gasteiger partial charge in [0.25, 0.3) is 0 Å². The van der Waals surface area contributed by atoms with Gasteiger partial charge in [0, 0.05) is 17.8 Å². The molecule has 1 fully saturated rings. The first-order valence-electron chi connectivity index (χ1n) is 6.81. The first-order chi connectivity index (χ1) is 8.66. The predicted octanol–water partition coefficient (Wildman–Crippen LogP) is 3.09. The molecule has 1 saturated carbocycles. The van der Waals surface area contributed by atoms with E-state index < -0.39 is 0 Å². The molecule has 1 aliphatic rings. The predicted molar refractivity (Wildman–Crippen MR) is 74.8 cm³/mol. The molecule has 3 N–H and O–H groups in total. The van der Waals surface area contributed by atoms with Crippen LogP contribution in [0.2, 0.25) is 0 Å². The van der Waals surface area contributed by atoms with Gasteiger partial charge in [-0.15, -0.1) is 0 Å². The molecule has 0 aromatic heterocycles. The Balaban J connectivity index is 1.94. The van der Waals surface area contributed by atoms with Crippen molar-refractivity contribution >= 4 is 11.6 Å². The van der Waals surface area contributed by atoms with Crippen molar-refractivity contribution in [1.82, 2.24) is 0 Å². The van der Waals surface area contributed by atoms with Crippen LogP contribution in [0.25, 0.3) is 0 Å². The second kappa shape index (κ2) is 5.89. The summed E-state index contributed by atoms with van der Waals surface area (Å²) in [5.41, 5.74) is 8.05. The lowest BCUT2D eigenvalue weighted by Gasteiger charge is -2.22. The molecule has 0 unspecified atom stereocenters. The monoisotopic (exact) mass is 246 g/mol. The van der Waals surface area contributed by atoms with Crippen molar-refractivity contribution in [1.29, 1.82) is 0 Å². The molecule has 0 aliphatic heterocycles. The Morgan fingerprint density at radius 1 is 1.33 bits per heavy atom. The molecule has 0 saturated heterocycles. The summed E-state index contributed by atoms with van der Waals surface area (Å²) in [6, 6.07) is 5.60. The van der Waals surface area contributed by atoms with Crippen LogP contribution in [0.5, 0.6) is 0 Å². The van der Waals surface area contributed by atoms with Crippen molar-refractivity contribution in [3.8, 4) is 0 Å². The fourth-order valence-electron chi connectivity index (χ4n) is 2.66. The van der Waals surface area contributed by atoms with E-state index in [1.807, 2.05) is 19.1 Å². The summed E-state index contributed by atoms with van der Waals surface area (Å²) in [6.45, 7) is 3.05. The van der Waals surface area contributed by atoms with Gasteiger partial charge in [-0.3, -0.25) is 4.79 Å². The van der Waals surface area contributed by atoms with Crippen molar-refractivity contribution in [2.45, 2.75) is 39.0 Å². The lowest BCUT2D eigenvalue weighted by atomic mass is 9.89. The van der Waals surface area contributed by atoms with Crippen LogP contribution < -0.4 is 11.1 Å². The highest BCUT2D eigenvalue weighted by Gasteiger charge is 2.13. The molecule has 2 rings (SSSR count). The Labute approximate surface area is 109 Å². The molecule has 1 amide bonds. The molecule has 98 valence electrons. The number of aryl methyl sites for hydroxylation is 1. The number of hydrogen-bond donors (Lipinski definition) is 2. The van der Waals surface area contributed by atoms with E-state index in [1.165, 1.54) is 32.1 Å². The first kappa shape index (κ1) is 12.9. The van der Waals surface area contributed by atoms with Gasteiger partial charge in [0.1, 0.15) is 0 Å². The molecule has 1 aliphatic carbocycles. The third-order valence-corrected chi connectivity index (χ3v) is 3.82. The van der Waals surface area contributed by atoms with E-state index in [0.717, 1.165) is 23.7 Å². The lowest BCUT2D eigenvalue weighted by Crippen LogP contribution is -2.18. The van der Waals surface area contributed by atoms with Crippen LogP contribution >= 0.6 is 0 Å². The fraction of sp³-hybridized carbons (Fsp3) is 0.533. The van der Waals surface area contributed by atoms with Gasteiger partial charge in [-0.1, -0.05) is 19.3 Å². The van der Waals surface area contributed by atoms with Gasteiger partial charge in [-0.2, -0.15) is 0 Å². The molecule has 3 nitrogen and oxygen atoms in total. The number of nitrogens with one attached hydrogen (secondary N) is 1. The summed E-state index contributed by atoms with van der Waals surface area (Å²) in [6.07, 6.45) is 6.80. The Hall–Kier alpha value is -1.51. The summed E-state index contributed by atoms with van der Waals surface area (Å²) >= 11 is 0. The second-order valence-corrected chi connectivity index (χ2v) is 5.28. The van der Waals surface area contributed by atoms with E-state index in [0.29, 0.717) is 5.56 Å². The van der Waals surface area contributed by atoms with Crippen LogP contribution in [-0.2, 0) is 0 Å². The number of amides is 1. The topological polar surface area (TPSA) is 55.1 Å². The normalized spacial score (nSPS) is 16.5. The molecule has 0 atom stereocenters. The number of carbonyl (C=O) groups excluding carboxylic acids is 1. The van der Waals surface area contributed by atoms with Crippen molar-refractivity contribution in [3.05, 3.63) is 29.3 Å². The van der Waals surface area contributed by atoms with Gasteiger partial charge < -0.3 is 11.1 Å². The van der Waals surface area contributed by atoms with E-state index in [-0.39, 0.29) is 5.91 Å². The van der Waals surface area contributed by atoms with Gasteiger partial charge in [0.15, 0.2) is 0 Å². The number of benzene rings is 1. The highest BCUT2D eigenvalue weighted by molar-refractivity contribution is 5.93. The molecular formula is C15H22N2O. The number of hydrogen-bond acceptors (Lipinski definition) is 2. The Morgan fingerprint density at radius 3 is 2.67 bits per heavy atom. The van der Waals surface area contributed by atoms with Gasteiger partial charge in [-0.25, -0.2) is 0 Å². The zero-order chi connectivity index (χ0) is 13.0. The van der Waals surface area contributed by atoms with Crippen LogP contribution in [0.3, 0.4) is 0 Å². The van der Waals surface area contributed by atoms with Gasteiger partial charge in [0.2, 0.25) is 5.91 Å². The third-order valence-electron chi connectivity index (χ3n) is 3.82. The number of primary amides is 1. The number of rotatable bonds is 4. The van der Waals surface area contributed by atoms with Crippen LogP contribution in [0.15, 0.2) is 18.2 Å². The van der Waals surface area contributed by atoms with Gasteiger partial charge in [0.05, 0.1) is 0 Å². The minimum atomic E-state index is -0.364. The second-order valence-electron chi connectivity index (χ2n) is 5.28. The smallest absolute Gasteiger partial charge is 0.248 e.